The van der Waals surface area contributed by atoms with Gasteiger partial charge in [0.2, 0.25) is 0 Å². The van der Waals surface area contributed by atoms with E-state index in [2.05, 4.69) is 12.2 Å². The van der Waals surface area contributed by atoms with Crippen LogP contribution in [0.3, 0.4) is 0 Å². The first-order valence-electron chi connectivity index (χ1n) is 7.07. The van der Waals surface area contributed by atoms with Gasteiger partial charge in [-0.1, -0.05) is 45.0 Å². The van der Waals surface area contributed by atoms with Crippen LogP contribution in [0.5, 0.6) is 0 Å². The van der Waals surface area contributed by atoms with E-state index in [4.69, 9.17) is 4.74 Å². The molecule has 4 nitrogen and oxygen atoms in total. The Morgan fingerprint density at radius 1 is 1.30 bits per heavy atom. The minimum absolute atomic E-state index is 0.144. The molecule has 2 N–H and O–H groups in total. The average molecular weight is 279 g/mol. The monoisotopic (exact) mass is 279 g/mol. The summed E-state index contributed by atoms with van der Waals surface area (Å²) in [6.45, 7) is 6.06. The summed E-state index contributed by atoms with van der Waals surface area (Å²) in [5, 5.41) is 13.7. The molecule has 0 bridgehead atoms. The van der Waals surface area contributed by atoms with E-state index in [9.17, 15) is 9.90 Å². The summed E-state index contributed by atoms with van der Waals surface area (Å²) < 4.78 is 4.69. The first kappa shape index (κ1) is 16.7. The van der Waals surface area contributed by atoms with Crippen LogP contribution < -0.4 is 5.32 Å². The fourth-order valence-corrected chi connectivity index (χ4v) is 2.14. The maximum atomic E-state index is 11.5. The molecular weight excluding hydrogens is 254 g/mol. The molecule has 0 aliphatic rings. The molecule has 0 aliphatic heterocycles. The quantitative estimate of drug-likeness (QED) is 0.751. The Hall–Kier alpha value is -1.39. The zero-order valence-corrected chi connectivity index (χ0v) is 12.7. The van der Waals surface area contributed by atoms with Gasteiger partial charge in [0.15, 0.2) is 0 Å². The van der Waals surface area contributed by atoms with Gasteiger partial charge in [0.1, 0.15) is 0 Å². The zero-order valence-electron chi connectivity index (χ0n) is 12.7. The average Bonchev–Trinajstić information content (AvgIpc) is 2.45. The molecule has 0 aliphatic carbocycles. The number of hydrogen-bond acceptors (Lipinski definition) is 4. The van der Waals surface area contributed by atoms with Gasteiger partial charge in [0.05, 0.1) is 19.6 Å². The second-order valence-corrected chi connectivity index (χ2v) is 5.25. The van der Waals surface area contributed by atoms with Crippen LogP contribution in [0, 0.1) is 0 Å². The molecule has 1 aromatic carbocycles. The maximum Gasteiger partial charge on any atom is 0.307 e. The van der Waals surface area contributed by atoms with Crippen molar-refractivity contribution >= 4 is 5.97 Å². The smallest absolute Gasteiger partial charge is 0.307 e. The molecule has 0 saturated carbocycles. The molecule has 20 heavy (non-hydrogen) atoms. The maximum absolute atomic E-state index is 11.5. The number of ether oxygens (including phenoxy) is 1. The molecule has 1 aromatic rings. The van der Waals surface area contributed by atoms with E-state index in [-0.39, 0.29) is 24.5 Å². The molecule has 0 heterocycles. The summed E-state index contributed by atoms with van der Waals surface area (Å²) >= 11 is 0. The van der Waals surface area contributed by atoms with Gasteiger partial charge in [-0.15, -0.1) is 0 Å². The van der Waals surface area contributed by atoms with E-state index >= 15 is 0 Å². The van der Waals surface area contributed by atoms with Crippen LogP contribution in [0.4, 0.5) is 0 Å². The Balaban J connectivity index is 2.84. The molecule has 0 amide bonds. The van der Waals surface area contributed by atoms with Crippen molar-refractivity contribution in [3.05, 3.63) is 35.4 Å². The number of carbonyl (C=O) groups excluding carboxylic acids is 1. The lowest BCUT2D eigenvalue weighted by Crippen LogP contribution is -2.41. The Morgan fingerprint density at radius 3 is 2.35 bits per heavy atom. The fraction of sp³-hybridized carbons (Fsp3) is 0.562. The van der Waals surface area contributed by atoms with Gasteiger partial charge in [-0.2, -0.15) is 0 Å². The molecule has 0 radical (unpaired) electrons. The van der Waals surface area contributed by atoms with Gasteiger partial charge in [0, 0.05) is 12.1 Å². The highest BCUT2D eigenvalue weighted by atomic mass is 16.5. The zero-order chi connectivity index (χ0) is 15.1. The predicted octanol–water partition coefficient (Wildman–Crippen LogP) is 2.21. The summed E-state index contributed by atoms with van der Waals surface area (Å²) in [7, 11) is 1.36. The third-order valence-corrected chi connectivity index (χ3v) is 3.27. The standard InChI is InChI=1S/C16H25NO3/c1-5-12-6-8-13(9-7-12)16(19)14(17-11(2)3)10-15(18)20-4/h6-9,11,14,16-17,19H,5,10H2,1-4H3. The molecule has 0 spiro atoms. The summed E-state index contributed by atoms with van der Waals surface area (Å²) in [4.78, 5) is 11.5. The molecule has 0 fully saturated rings. The molecule has 4 heteroatoms. The van der Waals surface area contributed by atoms with Crippen molar-refractivity contribution in [3.8, 4) is 0 Å². The van der Waals surface area contributed by atoms with Crippen LogP contribution in [-0.2, 0) is 16.0 Å². The summed E-state index contributed by atoms with van der Waals surface area (Å²) in [6.07, 6.45) is 0.375. The van der Waals surface area contributed by atoms with Crippen molar-refractivity contribution in [2.75, 3.05) is 7.11 Å². The van der Waals surface area contributed by atoms with Crippen molar-refractivity contribution in [2.45, 2.75) is 51.8 Å². The van der Waals surface area contributed by atoms with Gasteiger partial charge < -0.3 is 15.2 Å². The molecule has 2 unspecified atom stereocenters. The molecule has 0 aromatic heterocycles. The highest BCUT2D eigenvalue weighted by Gasteiger charge is 2.24. The molecule has 0 saturated heterocycles. The van der Waals surface area contributed by atoms with E-state index in [0.717, 1.165) is 12.0 Å². The van der Waals surface area contributed by atoms with Crippen LogP contribution in [-0.4, -0.2) is 30.3 Å². The number of aliphatic hydroxyl groups is 1. The van der Waals surface area contributed by atoms with Crippen molar-refractivity contribution in [1.29, 1.82) is 0 Å². The van der Waals surface area contributed by atoms with Gasteiger partial charge in [-0.3, -0.25) is 4.79 Å². The number of carbonyl (C=O) groups is 1. The molecule has 2 atom stereocenters. The van der Waals surface area contributed by atoms with E-state index in [1.165, 1.54) is 12.7 Å². The minimum Gasteiger partial charge on any atom is -0.469 e. The van der Waals surface area contributed by atoms with Crippen LogP contribution in [0.15, 0.2) is 24.3 Å². The number of nitrogens with one attached hydrogen (secondary N) is 1. The van der Waals surface area contributed by atoms with Gasteiger partial charge >= 0.3 is 5.97 Å². The highest BCUT2D eigenvalue weighted by Crippen LogP contribution is 2.20. The lowest BCUT2D eigenvalue weighted by Gasteiger charge is -2.25. The van der Waals surface area contributed by atoms with Crippen LogP contribution in [0.25, 0.3) is 0 Å². The first-order valence-corrected chi connectivity index (χ1v) is 7.07. The summed E-state index contributed by atoms with van der Waals surface area (Å²) in [6, 6.07) is 7.65. The number of aryl methyl sites for hydroxylation is 1. The third kappa shape index (κ3) is 4.94. The van der Waals surface area contributed by atoms with Gasteiger partial charge in [0.25, 0.3) is 0 Å². The van der Waals surface area contributed by atoms with E-state index < -0.39 is 6.10 Å². The number of benzene rings is 1. The molecule has 112 valence electrons. The van der Waals surface area contributed by atoms with E-state index in [0.29, 0.717) is 0 Å². The van der Waals surface area contributed by atoms with E-state index in [1.54, 1.807) is 0 Å². The van der Waals surface area contributed by atoms with E-state index in [1.807, 2.05) is 38.1 Å². The lowest BCUT2D eigenvalue weighted by atomic mass is 9.97. The van der Waals surface area contributed by atoms with Gasteiger partial charge in [-0.05, 0) is 17.5 Å². The number of aliphatic hydroxyl groups excluding tert-OH is 1. The van der Waals surface area contributed by atoms with Crippen molar-refractivity contribution < 1.29 is 14.6 Å². The van der Waals surface area contributed by atoms with Crippen molar-refractivity contribution in [2.24, 2.45) is 0 Å². The normalized spacial score (nSPS) is 14.1. The molecule has 1 rings (SSSR count). The Morgan fingerprint density at radius 2 is 1.90 bits per heavy atom. The van der Waals surface area contributed by atoms with Crippen molar-refractivity contribution in [1.82, 2.24) is 5.32 Å². The van der Waals surface area contributed by atoms with Gasteiger partial charge in [-0.25, -0.2) is 0 Å². The number of hydrogen-bond donors (Lipinski definition) is 2. The van der Waals surface area contributed by atoms with Crippen LogP contribution >= 0.6 is 0 Å². The summed E-state index contributed by atoms with van der Waals surface area (Å²) in [5.41, 5.74) is 2.03. The largest absolute Gasteiger partial charge is 0.469 e. The highest BCUT2D eigenvalue weighted by molar-refractivity contribution is 5.70. The van der Waals surface area contributed by atoms with Crippen LogP contribution in [0.2, 0.25) is 0 Å². The second kappa shape index (κ2) is 8.02. The Labute approximate surface area is 121 Å². The predicted molar refractivity (Wildman–Crippen MR) is 79.5 cm³/mol. The SMILES string of the molecule is CCc1ccc(C(O)C(CC(=O)OC)NC(C)C)cc1. The minimum atomic E-state index is -0.734. The second-order valence-electron chi connectivity index (χ2n) is 5.25. The lowest BCUT2D eigenvalue weighted by molar-refractivity contribution is -0.142. The molecular formula is C16H25NO3. The Bertz CT molecular complexity index is 414. The number of rotatable bonds is 7. The fourth-order valence-electron chi connectivity index (χ4n) is 2.14. The summed E-state index contributed by atoms with van der Waals surface area (Å²) in [5.74, 6) is -0.327. The number of esters is 1. The van der Waals surface area contributed by atoms with Crippen molar-refractivity contribution in [3.63, 3.8) is 0 Å². The number of methoxy groups -OCH3 is 1. The first-order chi connectivity index (χ1) is 9.47. The topological polar surface area (TPSA) is 58.6 Å². The Kier molecular flexibility index (Phi) is 6.68. The van der Waals surface area contributed by atoms with Crippen LogP contribution in [0.1, 0.15) is 44.4 Å². The third-order valence-electron chi connectivity index (χ3n) is 3.27.